The Morgan fingerprint density at radius 3 is 1.11 bits per heavy atom. The first kappa shape index (κ1) is 65.7. The van der Waals surface area contributed by atoms with E-state index in [1.807, 2.05) is 140 Å². The Morgan fingerprint density at radius 1 is 0.386 bits per heavy atom. The third-order valence-corrected chi connectivity index (χ3v) is 16.5. The number of hydrogen-bond donors (Lipinski definition) is 3. The average Bonchev–Trinajstić information content (AvgIpc) is 2.51. The fraction of sp³-hybridized carbons (Fsp3) is 0.408. The van der Waals surface area contributed by atoms with Crippen LogP contribution in [-0.2, 0) is 4.79 Å². The van der Waals surface area contributed by atoms with Gasteiger partial charge in [0.25, 0.3) is 0 Å². The zero-order valence-electron chi connectivity index (χ0n) is 51.9. The van der Waals surface area contributed by atoms with E-state index in [4.69, 9.17) is 39.4 Å². The van der Waals surface area contributed by atoms with E-state index in [1.54, 1.807) is 18.2 Å². The Morgan fingerprint density at radius 2 is 0.727 bits per heavy atom. The first-order valence-corrected chi connectivity index (χ1v) is 32.9. The van der Waals surface area contributed by atoms with Crippen molar-refractivity contribution in [3.63, 3.8) is 0 Å². The third-order valence-electron chi connectivity index (χ3n) is 16.5. The molecule has 3 N–H and O–H groups in total. The SMILES string of the molecule is CCCCCCCC/C=C\CCCCCCC(C(=O)O)C(CCCCCCCCCCCCCOc1ccc(-c2nc(-c3ccccc3)nc(-c3ccccc3)n2)c(O)c1)CCOc1ccc(-c2nc(-c3ccccc3)nc(-c3ccccc3)n2)c(O)c1. The molecule has 8 aromatic rings. The van der Waals surface area contributed by atoms with Crippen LogP contribution in [0.5, 0.6) is 23.0 Å². The molecule has 6 aromatic carbocycles. The summed E-state index contributed by atoms with van der Waals surface area (Å²) in [5.74, 6) is 2.87. The number of unbranched alkanes of at least 4 members (excludes halogenated alkanes) is 20. The van der Waals surface area contributed by atoms with Crippen molar-refractivity contribution in [2.75, 3.05) is 13.2 Å². The lowest BCUT2D eigenvalue weighted by atomic mass is 9.82. The van der Waals surface area contributed by atoms with E-state index in [0.29, 0.717) is 83.6 Å². The van der Waals surface area contributed by atoms with Crippen molar-refractivity contribution in [1.29, 1.82) is 0 Å². The smallest absolute Gasteiger partial charge is 0.306 e. The summed E-state index contributed by atoms with van der Waals surface area (Å²) in [5, 5.41) is 33.2. The van der Waals surface area contributed by atoms with Gasteiger partial charge in [-0.05, 0) is 81.5 Å². The van der Waals surface area contributed by atoms with Gasteiger partial charge in [0.1, 0.15) is 23.0 Å². The van der Waals surface area contributed by atoms with Gasteiger partial charge in [0.15, 0.2) is 34.9 Å². The summed E-state index contributed by atoms with van der Waals surface area (Å²) in [6.45, 7) is 3.19. The molecule has 2 atom stereocenters. The number of carbonyl (C=O) groups is 1. The lowest BCUT2D eigenvalue weighted by Crippen LogP contribution is -2.25. The second kappa shape index (κ2) is 37.4. The van der Waals surface area contributed by atoms with Crippen molar-refractivity contribution in [3.05, 3.63) is 170 Å². The lowest BCUT2D eigenvalue weighted by Gasteiger charge is -2.24. The molecule has 0 spiro atoms. The zero-order valence-corrected chi connectivity index (χ0v) is 51.9. The van der Waals surface area contributed by atoms with Gasteiger partial charge in [0.05, 0.1) is 30.3 Å². The number of phenols is 2. The van der Waals surface area contributed by atoms with E-state index >= 15 is 0 Å². The second-order valence-electron chi connectivity index (χ2n) is 23.3. The number of phenolic OH excluding ortho intramolecular Hbond substituents is 2. The summed E-state index contributed by atoms with van der Waals surface area (Å²) in [4.78, 5) is 41.6. The first-order valence-electron chi connectivity index (χ1n) is 32.9. The Kier molecular flexibility index (Phi) is 28.0. The number of carboxylic acid groups (broad SMARTS) is 1. The molecule has 2 unspecified atom stereocenters. The molecule has 0 aliphatic carbocycles. The monoisotopic (exact) mass is 1180 g/mol. The fourth-order valence-electron chi connectivity index (χ4n) is 11.4. The second-order valence-corrected chi connectivity index (χ2v) is 23.3. The highest BCUT2D eigenvalue weighted by Crippen LogP contribution is 2.36. The van der Waals surface area contributed by atoms with Crippen molar-refractivity contribution in [3.8, 4) is 91.3 Å². The molecule has 0 bridgehead atoms. The summed E-state index contributed by atoms with van der Waals surface area (Å²) in [6, 6.07) is 49.6. The molecule has 0 aliphatic rings. The third kappa shape index (κ3) is 21.9. The Bertz CT molecular complexity index is 3200. The minimum Gasteiger partial charge on any atom is -0.507 e. The van der Waals surface area contributed by atoms with E-state index < -0.39 is 11.9 Å². The fourth-order valence-corrected chi connectivity index (χ4v) is 11.4. The highest BCUT2D eigenvalue weighted by molar-refractivity contribution is 5.72. The minimum atomic E-state index is -0.709. The molecule has 462 valence electrons. The number of rotatable bonds is 41. The van der Waals surface area contributed by atoms with Crippen LogP contribution in [0.2, 0.25) is 0 Å². The number of ether oxygens (including phenoxy) is 2. The Hall–Kier alpha value is -8.25. The Labute approximate surface area is 523 Å². The van der Waals surface area contributed by atoms with E-state index in [2.05, 4.69) is 19.1 Å². The normalized spacial score (nSPS) is 12.1. The molecule has 88 heavy (non-hydrogen) atoms. The summed E-state index contributed by atoms with van der Waals surface area (Å²) < 4.78 is 12.4. The number of aromatic nitrogens is 6. The van der Waals surface area contributed by atoms with Crippen molar-refractivity contribution < 1.29 is 29.6 Å². The molecule has 8 rings (SSSR count). The zero-order chi connectivity index (χ0) is 61.2. The van der Waals surface area contributed by atoms with Crippen LogP contribution in [-0.4, -0.2) is 64.4 Å². The van der Waals surface area contributed by atoms with E-state index in [-0.39, 0.29) is 17.4 Å². The van der Waals surface area contributed by atoms with Gasteiger partial charge in [-0.2, -0.15) is 0 Å². The van der Waals surface area contributed by atoms with Crippen LogP contribution in [0.15, 0.2) is 170 Å². The predicted octanol–water partition coefficient (Wildman–Crippen LogP) is 20.0. The van der Waals surface area contributed by atoms with Crippen LogP contribution < -0.4 is 9.47 Å². The molecule has 12 heteroatoms. The van der Waals surface area contributed by atoms with E-state index in [1.165, 1.54) is 77.0 Å². The molecule has 2 aromatic heterocycles. The molecule has 0 aliphatic heterocycles. The molecule has 0 radical (unpaired) electrons. The predicted molar refractivity (Wildman–Crippen MR) is 356 cm³/mol. The summed E-state index contributed by atoms with van der Waals surface area (Å²) in [6.07, 6.45) is 33.7. The van der Waals surface area contributed by atoms with Crippen molar-refractivity contribution in [2.45, 2.75) is 174 Å². The molecule has 0 saturated carbocycles. The number of hydrogen-bond acceptors (Lipinski definition) is 11. The molecular formula is C76H92N6O6. The number of aromatic hydroxyl groups is 2. The summed E-state index contributed by atoms with van der Waals surface area (Å²) in [7, 11) is 0. The first-order chi connectivity index (χ1) is 43.3. The van der Waals surface area contributed by atoms with Crippen LogP contribution in [0.4, 0.5) is 0 Å². The quantitative estimate of drug-likeness (QED) is 0.0245. The van der Waals surface area contributed by atoms with Crippen molar-refractivity contribution in [2.24, 2.45) is 11.8 Å². The van der Waals surface area contributed by atoms with E-state index in [9.17, 15) is 20.1 Å². The highest BCUT2D eigenvalue weighted by Gasteiger charge is 2.28. The van der Waals surface area contributed by atoms with Crippen LogP contribution in [0.3, 0.4) is 0 Å². The maximum absolute atomic E-state index is 13.0. The van der Waals surface area contributed by atoms with Crippen molar-refractivity contribution >= 4 is 5.97 Å². The molecular weight excluding hydrogens is 1090 g/mol. The number of allylic oxidation sites excluding steroid dienone is 2. The van der Waals surface area contributed by atoms with Crippen LogP contribution in [0.25, 0.3) is 68.3 Å². The molecule has 0 saturated heterocycles. The largest absolute Gasteiger partial charge is 0.507 e. The lowest BCUT2D eigenvalue weighted by molar-refractivity contribution is -0.144. The summed E-state index contributed by atoms with van der Waals surface area (Å²) in [5.41, 5.74) is 4.41. The molecule has 0 fully saturated rings. The van der Waals surface area contributed by atoms with Gasteiger partial charge in [-0.3, -0.25) is 4.79 Å². The van der Waals surface area contributed by atoms with Crippen LogP contribution >= 0.6 is 0 Å². The van der Waals surface area contributed by atoms with Gasteiger partial charge in [0.2, 0.25) is 0 Å². The summed E-state index contributed by atoms with van der Waals surface area (Å²) >= 11 is 0. The number of carboxylic acids is 1. The number of aliphatic carboxylic acids is 1. The van der Waals surface area contributed by atoms with Gasteiger partial charge in [-0.25, -0.2) is 29.9 Å². The molecule has 12 nitrogen and oxygen atoms in total. The van der Waals surface area contributed by atoms with Crippen molar-refractivity contribution in [1.82, 2.24) is 29.9 Å². The minimum absolute atomic E-state index is 0.00568. The van der Waals surface area contributed by atoms with Gasteiger partial charge in [0, 0.05) is 34.4 Å². The number of nitrogens with zero attached hydrogens (tertiary/aromatic N) is 6. The average molecular weight is 1190 g/mol. The van der Waals surface area contributed by atoms with Crippen LogP contribution in [0.1, 0.15) is 174 Å². The maximum atomic E-state index is 13.0. The Balaban J connectivity index is 0.756. The standard InChI is InChI=1S/C76H92N6O6/c1-2-3-4-5-6-7-8-9-10-13-16-19-22-37-48-65(76(85)86)58(53-55-88-64-50-52-67(69(84)57-64)75-81-72(61-44-33-26-34-45-61)78-73(82-75)62-46-35-27-36-47-62)39-28-21-18-15-12-11-14-17-20-23-38-54-87-63-49-51-66(68(83)56-63)74-79-70(59-40-29-24-30-41-59)77-71(80-74)60-42-31-25-32-43-60/h9-10,24-27,29-36,40-47,49-52,56-58,65,83-84H,2-8,11-23,28,37-39,48,53-55H2,1H3,(H,85,86)/b10-9-. The molecule has 0 amide bonds. The van der Waals surface area contributed by atoms with E-state index in [0.717, 1.165) is 99.3 Å². The molecule has 2 heterocycles. The maximum Gasteiger partial charge on any atom is 0.306 e. The van der Waals surface area contributed by atoms with Gasteiger partial charge >= 0.3 is 5.97 Å². The van der Waals surface area contributed by atoms with Gasteiger partial charge in [-0.1, -0.05) is 256 Å². The van der Waals surface area contributed by atoms with Gasteiger partial charge in [-0.15, -0.1) is 0 Å². The van der Waals surface area contributed by atoms with Crippen LogP contribution in [0, 0.1) is 11.8 Å². The topological polar surface area (TPSA) is 174 Å². The number of benzene rings is 6. The van der Waals surface area contributed by atoms with Gasteiger partial charge < -0.3 is 24.8 Å². The highest BCUT2D eigenvalue weighted by atomic mass is 16.5.